The Morgan fingerprint density at radius 3 is 3.12 bits per heavy atom. The van der Waals surface area contributed by atoms with Gasteiger partial charge in [-0.2, -0.15) is 0 Å². The zero-order valence-corrected chi connectivity index (χ0v) is 15.8. The molecule has 0 aliphatic carbocycles. The molecule has 2 aromatic rings. The second-order valence-electron chi connectivity index (χ2n) is 6.37. The molecule has 1 saturated heterocycles. The Kier molecular flexibility index (Phi) is 6.39. The van der Waals surface area contributed by atoms with E-state index in [1.807, 2.05) is 4.57 Å². The average Bonchev–Trinajstić information content (AvgIpc) is 3.03. The number of carbonyl (C=O) groups excluding carboxylic acids is 1. The largest absolute Gasteiger partial charge is 0.359 e. The fraction of sp³-hybridized carbons (Fsp3) is 0.647. The molecule has 8 nitrogen and oxygen atoms in total. The summed E-state index contributed by atoms with van der Waals surface area (Å²) >= 11 is 6.10. The highest BCUT2D eigenvalue weighted by Crippen LogP contribution is 2.23. The second kappa shape index (κ2) is 8.75. The Bertz CT molecular complexity index is 766. The molecule has 1 amide bonds. The third-order valence-corrected chi connectivity index (χ3v) is 4.71. The quantitative estimate of drug-likeness (QED) is 0.739. The fourth-order valence-corrected chi connectivity index (χ4v) is 3.33. The standard InChI is InChI=1S/C17H24ClN5O3/c1-11-21-16(18)15-17(22-11)23(10-20-15)8-9-25-14-5-3-4-12(26-14)6-7-13(24)19-2/h10,12,14H,3-9H2,1-2H3,(H,19,24). The zero-order valence-electron chi connectivity index (χ0n) is 15.1. The van der Waals surface area contributed by atoms with Crippen molar-refractivity contribution in [1.29, 1.82) is 0 Å². The van der Waals surface area contributed by atoms with Gasteiger partial charge in [0.15, 0.2) is 17.1 Å². The first-order chi connectivity index (χ1) is 12.6. The molecule has 1 aliphatic rings. The van der Waals surface area contributed by atoms with Crippen LogP contribution in [0, 0.1) is 6.92 Å². The lowest BCUT2D eigenvalue weighted by molar-refractivity contribution is -0.196. The Labute approximate surface area is 157 Å². The number of fused-ring (bicyclic) bond motifs is 1. The van der Waals surface area contributed by atoms with Gasteiger partial charge in [0.25, 0.3) is 0 Å². The van der Waals surface area contributed by atoms with Gasteiger partial charge in [-0.25, -0.2) is 15.0 Å². The molecule has 0 aromatic carbocycles. The molecule has 3 rings (SSSR count). The number of nitrogens with zero attached hydrogens (tertiary/aromatic N) is 4. The van der Waals surface area contributed by atoms with E-state index in [0.29, 0.717) is 41.7 Å². The van der Waals surface area contributed by atoms with Gasteiger partial charge >= 0.3 is 0 Å². The molecule has 2 aromatic heterocycles. The van der Waals surface area contributed by atoms with E-state index in [1.54, 1.807) is 20.3 Å². The van der Waals surface area contributed by atoms with Gasteiger partial charge in [-0.3, -0.25) is 4.79 Å². The van der Waals surface area contributed by atoms with Crippen LogP contribution in [-0.4, -0.2) is 51.5 Å². The first kappa shape index (κ1) is 19.0. The van der Waals surface area contributed by atoms with Crippen molar-refractivity contribution in [3.8, 4) is 0 Å². The van der Waals surface area contributed by atoms with Crippen LogP contribution in [0.2, 0.25) is 5.15 Å². The zero-order chi connectivity index (χ0) is 18.5. The molecule has 3 heterocycles. The van der Waals surface area contributed by atoms with Gasteiger partial charge in [-0.05, 0) is 32.6 Å². The van der Waals surface area contributed by atoms with Crippen LogP contribution in [0.1, 0.15) is 37.9 Å². The van der Waals surface area contributed by atoms with Crippen LogP contribution >= 0.6 is 11.6 Å². The number of imidazole rings is 1. The SMILES string of the molecule is CNC(=O)CCC1CCCC(OCCn2cnc3c(Cl)nc(C)nc32)O1. The summed E-state index contributed by atoms with van der Waals surface area (Å²) in [5.74, 6) is 0.652. The molecule has 1 fully saturated rings. The number of ether oxygens (including phenoxy) is 2. The number of aryl methyl sites for hydroxylation is 1. The highest BCUT2D eigenvalue weighted by Gasteiger charge is 2.23. The van der Waals surface area contributed by atoms with Crippen LogP contribution < -0.4 is 5.32 Å². The third-order valence-electron chi connectivity index (χ3n) is 4.45. The molecular weight excluding hydrogens is 358 g/mol. The van der Waals surface area contributed by atoms with Gasteiger partial charge < -0.3 is 19.4 Å². The van der Waals surface area contributed by atoms with E-state index in [4.69, 9.17) is 21.1 Å². The number of aromatic nitrogens is 4. The lowest BCUT2D eigenvalue weighted by atomic mass is 10.0. The summed E-state index contributed by atoms with van der Waals surface area (Å²) < 4.78 is 13.7. The fourth-order valence-electron chi connectivity index (χ4n) is 3.07. The maximum Gasteiger partial charge on any atom is 0.219 e. The topological polar surface area (TPSA) is 91.2 Å². The van der Waals surface area contributed by atoms with Crippen molar-refractivity contribution < 1.29 is 14.3 Å². The number of hydrogen-bond donors (Lipinski definition) is 1. The lowest BCUT2D eigenvalue weighted by Crippen LogP contribution is -2.31. The Morgan fingerprint density at radius 1 is 1.46 bits per heavy atom. The van der Waals surface area contributed by atoms with E-state index < -0.39 is 0 Å². The molecule has 1 N–H and O–H groups in total. The van der Waals surface area contributed by atoms with Crippen molar-refractivity contribution in [1.82, 2.24) is 24.8 Å². The van der Waals surface area contributed by atoms with Gasteiger partial charge in [0.05, 0.1) is 19.0 Å². The van der Waals surface area contributed by atoms with Crippen molar-refractivity contribution in [3.63, 3.8) is 0 Å². The lowest BCUT2D eigenvalue weighted by Gasteiger charge is -2.30. The normalized spacial score (nSPS) is 20.4. The number of nitrogens with one attached hydrogen (secondary N) is 1. The van der Waals surface area contributed by atoms with Crippen molar-refractivity contribution in [3.05, 3.63) is 17.3 Å². The highest BCUT2D eigenvalue weighted by atomic mass is 35.5. The monoisotopic (exact) mass is 381 g/mol. The molecule has 26 heavy (non-hydrogen) atoms. The number of hydrogen-bond acceptors (Lipinski definition) is 6. The first-order valence-corrected chi connectivity index (χ1v) is 9.27. The molecule has 0 bridgehead atoms. The Morgan fingerprint density at radius 2 is 2.31 bits per heavy atom. The van der Waals surface area contributed by atoms with E-state index in [0.717, 1.165) is 25.7 Å². The summed E-state index contributed by atoms with van der Waals surface area (Å²) in [6.45, 7) is 2.89. The van der Waals surface area contributed by atoms with E-state index in [9.17, 15) is 4.79 Å². The van der Waals surface area contributed by atoms with E-state index >= 15 is 0 Å². The maximum atomic E-state index is 11.4. The molecule has 2 atom stereocenters. The average molecular weight is 382 g/mol. The van der Waals surface area contributed by atoms with Crippen molar-refractivity contribution in [2.75, 3.05) is 13.7 Å². The predicted molar refractivity (Wildman–Crippen MR) is 96.8 cm³/mol. The molecule has 2 unspecified atom stereocenters. The third kappa shape index (κ3) is 4.69. The van der Waals surface area contributed by atoms with Crippen LogP contribution in [0.15, 0.2) is 6.33 Å². The Hall–Kier alpha value is -1.77. The van der Waals surface area contributed by atoms with Gasteiger partial charge in [0.1, 0.15) is 11.3 Å². The summed E-state index contributed by atoms with van der Waals surface area (Å²) in [6.07, 6.45) is 5.63. The van der Waals surface area contributed by atoms with E-state index in [2.05, 4.69) is 20.3 Å². The molecule has 0 spiro atoms. The Balaban J connectivity index is 1.49. The van der Waals surface area contributed by atoms with Crippen molar-refractivity contribution in [2.45, 2.75) is 58.0 Å². The summed E-state index contributed by atoms with van der Waals surface area (Å²) in [5, 5.41) is 3.00. The molecule has 0 radical (unpaired) electrons. The van der Waals surface area contributed by atoms with Crippen LogP contribution in [0.25, 0.3) is 11.2 Å². The minimum atomic E-state index is -0.229. The second-order valence-corrected chi connectivity index (χ2v) is 6.73. The van der Waals surface area contributed by atoms with Crippen molar-refractivity contribution >= 4 is 28.7 Å². The minimum Gasteiger partial charge on any atom is -0.359 e. The molecule has 1 aliphatic heterocycles. The van der Waals surface area contributed by atoms with E-state index in [-0.39, 0.29) is 18.3 Å². The van der Waals surface area contributed by atoms with Crippen molar-refractivity contribution in [2.24, 2.45) is 0 Å². The predicted octanol–water partition coefficient (Wildman–Crippen LogP) is 2.23. The van der Waals surface area contributed by atoms with Gasteiger partial charge in [-0.15, -0.1) is 0 Å². The number of carbonyl (C=O) groups is 1. The van der Waals surface area contributed by atoms with E-state index in [1.165, 1.54) is 0 Å². The first-order valence-electron chi connectivity index (χ1n) is 8.89. The molecule has 0 saturated carbocycles. The summed E-state index contributed by atoms with van der Waals surface area (Å²) in [5.41, 5.74) is 1.31. The number of rotatable bonds is 7. The van der Waals surface area contributed by atoms with Crippen LogP contribution in [-0.2, 0) is 20.8 Å². The minimum absolute atomic E-state index is 0.0413. The number of halogens is 1. The summed E-state index contributed by atoms with van der Waals surface area (Å²) in [4.78, 5) is 24.2. The van der Waals surface area contributed by atoms with Gasteiger partial charge in [0, 0.05) is 20.0 Å². The van der Waals surface area contributed by atoms with Crippen LogP contribution in [0.4, 0.5) is 0 Å². The highest BCUT2D eigenvalue weighted by molar-refractivity contribution is 6.33. The van der Waals surface area contributed by atoms with Gasteiger partial charge in [-0.1, -0.05) is 11.6 Å². The summed E-state index contributed by atoms with van der Waals surface area (Å²) in [7, 11) is 1.65. The van der Waals surface area contributed by atoms with Crippen LogP contribution in [0.3, 0.4) is 0 Å². The molecule has 142 valence electrons. The maximum absolute atomic E-state index is 11.4. The van der Waals surface area contributed by atoms with Crippen LogP contribution in [0.5, 0.6) is 0 Å². The molecular formula is C17H24ClN5O3. The van der Waals surface area contributed by atoms with Gasteiger partial charge in [0.2, 0.25) is 5.91 Å². The number of amides is 1. The summed E-state index contributed by atoms with van der Waals surface area (Å²) in [6, 6.07) is 0. The smallest absolute Gasteiger partial charge is 0.219 e. The molecule has 9 heteroatoms.